The van der Waals surface area contributed by atoms with Gasteiger partial charge in [-0.25, -0.2) is 28.6 Å². The molecule has 2 aromatic rings. The first-order valence-electron chi connectivity index (χ1n) is 17.6. The molecule has 5 atom stereocenters. The van der Waals surface area contributed by atoms with Gasteiger partial charge in [-0.1, -0.05) is 24.3 Å². The van der Waals surface area contributed by atoms with E-state index < -0.39 is 71.6 Å². The number of alkyl halides is 1. The molecule has 0 aliphatic carbocycles. The number of nitrogens with one attached hydrogen (secondary N) is 1. The summed E-state index contributed by atoms with van der Waals surface area (Å²) >= 11 is 0. The summed E-state index contributed by atoms with van der Waals surface area (Å²) in [7, 11) is 0. The van der Waals surface area contributed by atoms with E-state index in [-0.39, 0.29) is 26.1 Å². The summed E-state index contributed by atoms with van der Waals surface area (Å²) in [6, 6.07) is 6.58. The summed E-state index contributed by atoms with van der Waals surface area (Å²) in [5.41, 5.74) is -0.806. The SMILES string of the molecule is CC(C)(C)OC(=O)O[C@H]1CN(C(=O)OC(C)(C)C)[C@H](Cc2ccc(-c3cnco3)cc2)[C@@H]1OC(=O)NCC[C@H]1CCN(C(=O)OC(C)(C)C)C[C@H]1F. The summed E-state index contributed by atoms with van der Waals surface area (Å²) in [6.45, 7) is 15.7. The monoisotopic (exact) mass is 732 g/mol. The van der Waals surface area contributed by atoms with Gasteiger partial charge in [-0.05, 0) is 93.1 Å². The molecule has 2 aliphatic heterocycles. The Hall–Kier alpha value is -4.56. The number of hydrogen-bond donors (Lipinski definition) is 1. The van der Waals surface area contributed by atoms with Crippen LogP contribution in [0.25, 0.3) is 11.3 Å². The third-order valence-corrected chi connectivity index (χ3v) is 8.26. The van der Waals surface area contributed by atoms with Gasteiger partial charge in [-0.3, -0.25) is 4.90 Å². The van der Waals surface area contributed by atoms with Crippen molar-refractivity contribution in [1.82, 2.24) is 20.1 Å². The number of piperidine rings is 1. The lowest BCUT2D eigenvalue weighted by Gasteiger charge is -2.35. The molecule has 2 aliphatic rings. The largest absolute Gasteiger partial charge is 0.509 e. The van der Waals surface area contributed by atoms with E-state index in [4.69, 9.17) is 28.1 Å². The zero-order chi connectivity index (χ0) is 38.4. The number of carbonyl (C=O) groups is 4. The predicted octanol–water partition coefficient (Wildman–Crippen LogP) is 6.90. The van der Waals surface area contributed by atoms with Crippen LogP contribution in [0.2, 0.25) is 0 Å². The summed E-state index contributed by atoms with van der Waals surface area (Å²) in [5.74, 6) is 0.184. The highest BCUT2D eigenvalue weighted by Crippen LogP contribution is 2.31. The Morgan fingerprint density at radius 1 is 0.885 bits per heavy atom. The van der Waals surface area contributed by atoms with Crippen LogP contribution in [0, 0.1) is 5.92 Å². The van der Waals surface area contributed by atoms with Crippen LogP contribution >= 0.6 is 0 Å². The van der Waals surface area contributed by atoms with Gasteiger partial charge in [0.05, 0.1) is 25.3 Å². The highest BCUT2D eigenvalue weighted by molar-refractivity contribution is 5.71. The number of nitrogens with zero attached hydrogens (tertiary/aromatic N) is 3. The molecule has 0 spiro atoms. The molecule has 0 radical (unpaired) electrons. The number of likely N-dealkylation sites (tertiary alicyclic amines) is 2. The molecule has 4 rings (SSSR count). The van der Waals surface area contributed by atoms with Gasteiger partial charge >= 0.3 is 24.4 Å². The molecule has 0 bridgehead atoms. The Balaban J connectivity index is 1.48. The van der Waals surface area contributed by atoms with Gasteiger partial charge in [0.25, 0.3) is 0 Å². The van der Waals surface area contributed by atoms with E-state index in [9.17, 15) is 19.2 Å². The molecule has 2 fully saturated rings. The zero-order valence-electron chi connectivity index (χ0n) is 31.6. The smallest absolute Gasteiger partial charge is 0.444 e. The lowest BCUT2D eigenvalue weighted by atomic mass is 9.92. The molecule has 3 heterocycles. The number of amides is 3. The summed E-state index contributed by atoms with van der Waals surface area (Å²) in [6.07, 6.45) is -2.74. The topological polar surface area (TPSA) is 159 Å². The molecule has 1 N–H and O–H groups in total. The van der Waals surface area contributed by atoms with E-state index in [0.717, 1.165) is 11.1 Å². The molecule has 0 unspecified atom stereocenters. The maximum Gasteiger partial charge on any atom is 0.509 e. The number of hydrogen-bond acceptors (Lipinski definition) is 11. The van der Waals surface area contributed by atoms with E-state index in [1.165, 1.54) is 16.2 Å². The van der Waals surface area contributed by atoms with Crippen molar-refractivity contribution in [2.24, 2.45) is 5.92 Å². The number of ether oxygens (including phenoxy) is 5. The van der Waals surface area contributed by atoms with Gasteiger partial charge in [0.1, 0.15) is 23.0 Å². The molecule has 2 saturated heterocycles. The lowest BCUT2D eigenvalue weighted by molar-refractivity contribution is -0.0518. The standard InChI is InChI=1S/C37H53FN4O10/c1-35(2,3)50-32(44)41-17-15-24(26(38)20-41)14-16-40-31(43)49-30-27(18-23-10-12-25(13-11-23)28-19-39-22-47-28)42(33(45)51-36(4,5)6)21-29(30)48-34(46)52-37(7,8)9/h10-13,19,22,24,26-27,29-30H,14-18,20-21H2,1-9H3,(H,40,43)/t24-,26+,27+,29-,30-/m0/s1. The lowest BCUT2D eigenvalue weighted by Crippen LogP contribution is -2.48. The minimum absolute atomic E-state index is 0.0875. The summed E-state index contributed by atoms with van der Waals surface area (Å²) in [4.78, 5) is 58.9. The molecule has 1 aromatic heterocycles. The molecular formula is C37H53FN4O10. The molecule has 3 amide bonds. The molecule has 52 heavy (non-hydrogen) atoms. The molecule has 288 valence electrons. The Morgan fingerprint density at radius 3 is 2.10 bits per heavy atom. The van der Waals surface area contributed by atoms with Gasteiger partial charge in [0.15, 0.2) is 24.4 Å². The Morgan fingerprint density at radius 2 is 1.52 bits per heavy atom. The van der Waals surface area contributed by atoms with Crippen molar-refractivity contribution in [3.63, 3.8) is 0 Å². The fraction of sp³-hybridized carbons (Fsp3) is 0.649. The molecule has 0 saturated carbocycles. The zero-order valence-corrected chi connectivity index (χ0v) is 31.6. The quantitative estimate of drug-likeness (QED) is 0.222. The number of benzene rings is 1. The summed E-state index contributed by atoms with van der Waals surface area (Å²) in [5, 5.41) is 2.69. The highest BCUT2D eigenvalue weighted by Gasteiger charge is 2.50. The van der Waals surface area contributed by atoms with Crippen LogP contribution < -0.4 is 5.32 Å². The van der Waals surface area contributed by atoms with Gasteiger partial charge < -0.3 is 38.3 Å². The molecular weight excluding hydrogens is 679 g/mol. The molecule has 15 heteroatoms. The fourth-order valence-corrected chi connectivity index (χ4v) is 5.97. The van der Waals surface area contributed by atoms with Crippen LogP contribution in [-0.2, 0) is 30.1 Å². The first kappa shape index (κ1) is 40.2. The second-order valence-electron chi connectivity index (χ2n) is 16.2. The Labute approximate surface area is 304 Å². The average Bonchev–Trinajstić information content (AvgIpc) is 3.65. The Bertz CT molecular complexity index is 1510. The second kappa shape index (κ2) is 16.4. The van der Waals surface area contributed by atoms with Gasteiger partial charge in [-0.2, -0.15) is 0 Å². The van der Waals surface area contributed by atoms with Gasteiger partial charge in [-0.15, -0.1) is 0 Å². The van der Waals surface area contributed by atoms with Crippen LogP contribution in [0.5, 0.6) is 0 Å². The average molecular weight is 733 g/mol. The normalized spacial score (nSPS) is 22.4. The van der Waals surface area contributed by atoms with Crippen LogP contribution in [-0.4, -0.2) is 107 Å². The minimum atomic E-state index is -1.30. The van der Waals surface area contributed by atoms with Crippen LogP contribution in [0.3, 0.4) is 0 Å². The first-order valence-corrected chi connectivity index (χ1v) is 17.6. The predicted molar refractivity (Wildman–Crippen MR) is 187 cm³/mol. The van der Waals surface area contributed by atoms with Crippen molar-refractivity contribution in [3.8, 4) is 11.3 Å². The van der Waals surface area contributed by atoms with Gasteiger partial charge in [0.2, 0.25) is 0 Å². The maximum absolute atomic E-state index is 15.1. The van der Waals surface area contributed by atoms with Crippen molar-refractivity contribution < 1.29 is 51.7 Å². The number of halogens is 1. The van der Waals surface area contributed by atoms with E-state index in [2.05, 4.69) is 10.3 Å². The molecule has 14 nitrogen and oxygen atoms in total. The summed E-state index contributed by atoms with van der Waals surface area (Å²) < 4.78 is 48.6. The number of alkyl carbamates (subject to hydrolysis) is 1. The van der Waals surface area contributed by atoms with Crippen molar-refractivity contribution in [2.75, 3.05) is 26.2 Å². The van der Waals surface area contributed by atoms with Crippen LogP contribution in [0.15, 0.2) is 41.3 Å². The van der Waals surface area contributed by atoms with Crippen molar-refractivity contribution in [2.45, 2.75) is 123 Å². The number of aromatic nitrogens is 1. The van der Waals surface area contributed by atoms with E-state index in [1.807, 2.05) is 24.3 Å². The third-order valence-electron chi connectivity index (χ3n) is 8.26. The first-order chi connectivity index (χ1) is 24.2. The van der Waals surface area contributed by atoms with Crippen LogP contribution in [0.1, 0.15) is 80.7 Å². The van der Waals surface area contributed by atoms with Gasteiger partial charge in [0, 0.05) is 18.7 Å². The number of rotatable bonds is 8. The number of oxazole rings is 1. The third kappa shape index (κ3) is 12.0. The second-order valence-corrected chi connectivity index (χ2v) is 16.2. The van der Waals surface area contributed by atoms with E-state index in [1.54, 1.807) is 68.5 Å². The van der Waals surface area contributed by atoms with Crippen molar-refractivity contribution >= 4 is 24.4 Å². The van der Waals surface area contributed by atoms with Crippen molar-refractivity contribution in [1.29, 1.82) is 0 Å². The van der Waals surface area contributed by atoms with Crippen LogP contribution in [0.4, 0.5) is 23.6 Å². The number of carbonyl (C=O) groups excluding carboxylic acids is 4. The molecule has 1 aromatic carbocycles. The maximum atomic E-state index is 15.1. The van der Waals surface area contributed by atoms with Crippen molar-refractivity contribution in [3.05, 3.63) is 42.4 Å². The minimum Gasteiger partial charge on any atom is -0.444 e. The highest BCUT2D eigenvalue weighted by atomic mass is 19.1. The van der Waals surface area contributed by atoms with E-state index in [0.29, 0.717) is 25.1 Å². The Kier molecular flexibility index (Phi) is 12.7. The fourth-order valence-electron chi connectivity index (χ4n) is 5.97. The van der Waals surface area contributed by atoms with E-state index >= 15 is 4.39 Å².